The monoisotopic (exact) mass is 294 g/mol. The predicted octanol–water partition coefficient (Wildman–Crippen LogP) is 5.95. The van der Waals surface area contributed by atoms with Gasteiger partial charge in [0.05, 0.1) is 0 Å². The topological polar surface area (TPSA) is 0 Å². The highest BCUT2D eigenvalue weighted by Crippen LogP contribution is 2.29. The quantitative estimate of drug-likeness (QED) is 0.420. The van der Waals surface area contributed by atoms with Crippen LogP contribution in [0.2, 0.25) is 0 Å². The minimum Gasteiger partial charge on any atom is -0.102 e. The zero-order chi connectivity index (χ0) is 13.3. The van der Waals surface area contributed by atoms with Gasteiger partial charge in [-0.15, -0.1) is 6.58 Å². The largest absolute Gasteiger partial charge is 0.102 e. The van der Waals surface area contributed by atoms with Gasteiger partial charge in [0.2, 0.25) is 0 Å². The smallest absolute Gasteiger partial charge is 0.0244 e. The summed E-state index contributed by atoms with van der Waals surface area (Å²) in [7, 11) is 0. The maximum absolute atomic E-state index is 3.87. The molecule has 17 heavy (non-hydrogen) atoms. The molecule has 0 aromatic carbocycles. The Morgan fingerprint density at radius 2 is 1.94 bits per heavy atom. The first-order valence-corrected chi connectivity index (χ1v) is 6.88. The molecular formula is C16H23Br. The molecule has 0 radical (unpaired) electrons. The molecule has 0 amide bonds. The van der Waals surface area contributed by atoms with Crippen LogP contribution in [0.15, 0.2) is 58.7 Å². The zero-order valence-electron chi connectivity index (χ0n) is 11.3. The molecule has 1 atom stereocenters. The van der Waals surface area contributed by atoms with Crippen LogP contribution in [-0.4, -0.2) is 0 Å². The molecule has 0 saturated carbocycles. The van der Waals surface area contributed by atoms with E-state index in [0.29, 0.717) is 5.92 Å². The molecule has 0 aliphatic rings. The van der Waals surface area contributed by atoms with Gasteiger partial charge in [0.25, 0.3) is 0 Å². The summed E-state index contributed by atoms with van der Waals surface area (Å²) in [6, 6.07) is 0. The van der Waals surface area contributed by atoms with Crippen molar-refractivity contribution in [3.05, 3.63) is 58.7 Å². The van der Waals surface area contributed by atoms with E-state index < -0.39 is 0 Å². The van der Waals surface area contributed by atoms with Crippen molar-refractivity contribution in [2.45, 2.75) is 34.1 Å². The summed E-state index contributed by atoms with van der Waals surface area (Å²) < 4.78 is 1.18. The third kappa shape index (κ3) is 5.36. The van der Waals surface area contributed by atoms with Crippen LogP contribution in [0.4, 0.5) is 0 Å². The van der Waals surface area contributed by atoms with Crippen molar-refractivity contribution in [3.63, 3.8) is 0 Å². The Bertz CT molecular complexity index is 354. The second-order valence-corrected chi connectivity index (χ2v) is 4.66. The highest BCUT2D eigenvalue weighted by molar-refractivity contribution is 9.12. The van der Waals surface area contributed by atoms with E-state index in [1.807, 2.05) is 26.0 Å². The van der Waals surface area contributed by atoms with E-state index in [-0.39, 0.29) is 0 Å². The van der Waals surface area contributed by atoms with Crippen LogP contribution in [-0.2, 0) is 0 Å². The molecule has 0 fully saturated rings. The number of allylic oxidation sites excluding steroid dienone is 9. The SMILES string of the molecule is C=CC(C)C(/C=C\C)=C(Br)\C(=C\C=C/C)CC. The van der Waals surface area contributed by atoms with Crippen LogP contribution in [0.1, 0.15) is 34.1 Å². The maximum Gasteiger partial charge on any atom is 0.0244 e. The third-order valence-corrected chi connectivity index (χ3v) is 3.56. The van der Waals surface area contributed by atoms with E-state index in [4.69, 9.17) is 0 Å². The standard InChI is InChI=1S/C16H23Br/c1-6-10-12-14(9-4)16(17)15(11-7-2)13(5)8-3/h6-8,10-13H,3,9H2,1-2,4-5H3/b10-6-,11-7-,14-12+,16-15+. The Morgan fingerprint density at radius 3 is 2.35 bits per heavy atom. The number of hydrogen-bond donors (Lipinski definition) is 0. The number of halogens is 1. The van der Waals surface area contributed by atoms with Crippen molar-refractivity contribution in [1.82, 2.24) is 0 Å². The fraction of sp³-hybridized carbons (Fsp3) is 0.375. The maximum atomic E-state index is 3.87. The van der Waals surface area contributed by atoms with Crippen LogP contribution in [0, 0.1) is 5.92 Å². The molecule has 0 heterocycles. The van der Waals surface area contributed by atoms with Crippen LogP contribution in [0.25, 0.3) is 0 Å². The van der Waals surface area contributed by atoms with Gasteiger partial charge < -0.3 is 0 Å². The molecule has 1 heteroatoms. The minimum absolute atomic E-state index is 0.348. The van der Waals surface area contributed by atoms with Gasteiger partial charge in [-0.2, -0.15) is 0 Å². The molecule has 0 rings (SSSR count). The van der Waals surface area contributed by atoms with E-state index >= 15 is 0 Å². The number of hydrogen-bond acceptors (Lipinski definition) is 0. The van der Waals surface area contributed by atoms with Gasteiger partial charge in [0, 0.05) is 4.48 Å². The number of rotatable bonds is 6. The predicted molar refractivity (Wildman–Crippen MR) is 83.3 cm³/mol. The van der Waals surface area contributed by atoms with Crippen LogP contribution >= 0.6 is 15.9 Å². The van der Waals surface area contributed by atoms with E-state index in [0.717, 1.165) is 6.42 Å². The minimum atomic E-state index is 0.348. The molecule has 0 aliphatic carbocycles. The summed E-state index contributed by atoms with van der Waals surface area (Å²) in [6.45, 7) is 12.3. The van der Waals surface area contributed by atoms with Crippen molar-refractivity contribution in [2.24, 2.45) is 5.92 Å². The van der Waals surface area contributed by atoms with Gasteiger partial charge in [-0.1, -0.05) is 66.2 Å². The lowest BCUT2D eigenvalue weighted by atomic mass is 9.97. The molecule has 0 aromatic rings. The Hall–Kier alpha value is -0.820. The Balaban J connectivity index is 5.50. The summed E-state index contributed by atoms with van der Waals surface area (Å²) in [5, 5.41) is 0. The van der Waals surface area contributed by atoms with Gasteiger partial charge in [-0.3, -0.25) is 0 Å². The van der Waals surface area contributed by atoms with Crippen molar-refractivity contribution >= 4 is 15.9 Å². The van der Waals surface area contributed by atoms with Crippen LogP contribution in [0.5, 0.6) is 0 Å². The lowest BCUT2D eigenvalue weighted by molar-refractivity contribution is 0.887. The van der Waals surface area contributed by atoms with E-state index in [1.54, 1.807) is 0 Å². The van der Waals surface area contributed by atoms with Crippen molar-refractivity contribution < 1.29 is 0 Å². The summed E-state index contributed by atoms with van der Waals surface area (Å²) in [6.07, 6.45) is 13.5. The van der Waals surface area contributed by atoms with Gasteiger partial charge in [0.1, 0.15) is 0 Å². The van der Waals surface area contributed by atoms with Gasteiger partial charge in [-0.05, 0) is 37.3 Å². The second kappa shape index (κ2) is 9.23. The molecule has 0 bridgehead atoms. The first-order valence-electron chi connectivity index (χ1n) is 6.09. The molecule has 0 nitrogen and oxygen atoms in total. The molecule has 0 N–H and O–H groups in total. The van der Waals surface area contributed by atoms with Gasteiger partial charge in [-0.25, -0.2) is 0 Å². The van der Waals surface area contributed by atoms with Crippen molar-refractivity contribution in [1.29, 1.82) is 0 Å². The first kappa shape index (κ1) is 16.2. The highest BCUT2D eigenvalue weighted by atomic mass is 79.9. The van der Waals surface area contributed by atoms with Gasteiger partial charge in [0.15, 0.2) is 0 Å². The Labute approximate surface area is 115 Å². The molecule has 0 aliphatic heterocycles. The van der Waals surface area contributed by atoms with Gasteiger partial charge >= 0.3 is 0 Å². The average molecular weight is 295 g/mol. The molecule has 94 valence electrons. The van der Waals surface area contributed by atoms with E-state index in [9.17, 15) is 0 Å². The van der Waals surface area contributed by atoms with Crippen LogP contribution < -0.4 is 0 Å². The second-order valence-electron chi connectivity index (χ2n) is 3.86. The normalized spacial score (nSPS) is 16.4. The fourth-order valence-corrected chi connectivity index (χ4v) is 2.38. The Morgan fingerprint density at radius 1 is 1.29 bits per heavy atom. The Kier molecular flexibility index (Phi) is 8.79. The molecule has 0 saturated heterocycles. The van der Waals surface area contributed by atoms with Crippen LogP contribution in [0.3, 0.4) is 0 Å². The van der Waals surface area contributed by atoms with Crippen molar-refractivity contribution in [3.8, 4) is 0 Å². The summed E-state index contributed by atoms with van der Waals surface area (Å²) >= 11 is 3.72. The lowest BCUT2D eigenvalue weighted by Gasteiger charge is -2.13. The summed E-state index contributed by atoms with van der Waals surface area (Å²) in [4.78, 5) is 0. The average Bonchev–Trinajstić information content (AvgIpc) is 2.35. The fourth-order valence-electron chi connectivity index (χ4n) is 1.48. The summed E-state index contributed by atoms with van der Waals surface area (Å²) in [5.41, 5.74) is 2.59. The molecule has 0 aromatic heterocycles. The molecule has 0 spiro atoms. The third-order valence-electron chi connectivity index (χ3n) is 2.60. The van der Waals surface area contributed by atoms with E-state index in [2.05, 4.69) is 60.7 Å². The zero-order valence-corrected chi connectivity index (χ0v) is 12.9. The van der Waals surface area contributed by atoms with Crippen molar-refractivity contribution in [2.75, 3.05) is 0 Å². The highest BCUT2D eigenvalue weighted by Gasteiger charge is 2.09. The lowest BCUT2D eigenvalue weighted by Crippen LogP contribution is -1.97. The molecule has 1 unspecified atom stereocenters. The summed E-state index contributed by atoms with van der Waals surface area (Å²) in [5.74, 6) is 0.348. The first-order chi connectivity index (χ1) is 8.12. The van der Waals surface area contributed by atoms with E-state index in [1.165, 1.54) is 15.6 Å². The molecular weight excluding hydrogens is 272 g/mol.